The number of nitrogens with zero attached hydrogens (tertiary/aromatic N) is 1. The molecule has 1 aliphatic rings. The van der Waals surface area contributed by atoms with E-state index in [4.69, 9.17) is 9.16 Å². The van der Waals surface area contributed by atoms with Gasteiger partial charge in [-0.3, -0.25) is 4.90 Å². The van der Waals surface area contributed by atoms with Crippen LogP contribution in [0.2, 0.25) is 13.1 Å². The number of carbonyl (C=O) groups excluding carboxylic acids is 1. The van der Waals surface area contributed by atoms with Gasteiger partial charge in [-0.15, -0.1) is 0 Å². The molecule has 136 valence electrons. The third-order valence-electron chi connectivity index (χ3n) is 4.26. The molecule has 5 nitrogen and oxygen atoms in total. The van der Waals surface area contributed by atoms with Crippen LogP contribution < -0.4 is 0 Å². The van der Waals surface area contributed by atoms with E-state index in [1.54, 1.807) is 4.90 Å². The summed E-state index contributed by atoms with van der Waals surface area (Å²) in [5.41, 5.74) is -1.20. The molecule has 1 rings (SSSR count). The zero-order valence-electron chi connectivity index (χ0n) is 16.1. The Morgan fingerprint density at radius 2 is 1.83 bits per heavy atom. The van der Waals surface area contributed by atoms with E-state index in [0.29, 0.717) is 18.9 Å². The summed E-state index contributed by atoms with van der Waals surface area (Å²) in [6.07, 6.45) is 0.846. The molecule has 1 N–H and O–H groups in total. The smallest absolute Gasteiger partial charge is 0.412 e. The minimum Gasteiger partial charge on any atom is -0.444 e. The van der Waals surface area contributed by atoms with Gasteiger partial charge in [0.15, 0.2) is 9.04 Å². The van der Waals surface area contributed by atoms with Gasteiger partial charge in [0.1, 0.15) is 11.3 Å². The summed E-state index contributed by atoms with van der Waals surface area (Å²) < 4.78 is 11.9. The molecule has 0 unspecified atom stereocenters. The molecular formula is C17H35NO4Si. The predicted molar refractivity (Wildman–Crippen MR) is 94.9 cm³/mol. The number of hydrogen-bond acceptors (Lipinski definition) is 4. The van der Waals surface area contributed by atoms with Gasteiger partial charge >= 0.3 is 6.09 Å². The third-order valence-corrected chi connectivity index (χ3v) is 5.17. The zero-order chi connectivity index (χ0) is 18.1. The van der Waals surface area contributed by atoms with Gasteiger partial charge in [-0.2, -0.15) is 0 Å². The van der Waals surface area contributed by atoms with Crippen molar-refractivity contribution in [2.75, 3.05) is 13.2 Å². The summed E-state index contributed by atoms with van der Waals surface area (Å²) in [6, 6.07) is 0. The fourth-order valence-corrected chi connectivity index (χ4v) is 4.32. The van der Waals surface area contributed by atoms with Gasteiger partial charge in [-0.05, 0) is 51.6 Å². The summed E-state index contributed by atoms with van der Waals surface area (Å²) >= 11 is 0. The lowest BCUT2D eigenvalue weighted by Gasteiger charge is -2.40. The average molecular weight is 346 g/mol. The molecule has 1 aliphatic heterocycles. The molecule has 6 heteroatoms. The van der Waals surface area contributed by atoms with Crippen LogP contribution in [0.25, 0.3) is 0 Å². The molecule has 1 saturated heterocycles. The van der Waals surface area contributed by atoms with Crippen molar-refractivity contribution in [3.63, 3.8) is 0 Å². The Bertz CT molecular complexity index is 414. The third kappa shape index (κ3) is 5.47. The quantitative estimate of drug-likeness (QED) is 0.794. The van der Waals surface area contributed by atoms with E-state index >= 15 is 0 Å². The van der Waals surface area contributed by atoms with E-state index in [0.717, 1.165) is 6.42 Å². The first-order valence-corrected chi connectivity index (χ1v) is 11.4. The fraction of sp³-hybridized carbons (Fsp3) is 0.941. The zero-order valence-corrected chi connectivity index (χ0v) is 17.3. The van der Waals surface area contributed by atoms with Crippen molar-refractivity contribution in [2.24, 2.45) is 11.3 Å². The molecule has 0 aromatic rings. The number of carbonyl (C=O) groups is 1. The molecule has 0 spiro atoms. The molecule has 0 aromatic heterocycles. The van der Waals surface area contributed by atoms with Crippen molar-refractivity contribution >= 4 is 15.1 Å². The highest BCUT2D eigenvalue weighted by atomic mass is 28.3. The summed E-state index contributed by atoms with van der Waals surface area (Å²) in [6.45, 7) is 17.0. The van der Waals surface area contributed by atoms with Crippen LogP contribution in [0.15, 0.2) is 0 Å². The first-order valence-electron chi connectivity index (χ1n) is 8.60. The standard InChI is InChI=1S/C17H35NO4Si/c1-15(2,3)13-11-17(9-10-19,22-23(7)8)18(12-13)14(20)21-16(4,5)6/h13,19,23H,9-12H2,1-8H3/t13-,17+/m0/s1. The van der Waals surface area contributed by atoms with Crippen LogP contribution in [0.5, 0.6) is 0 Å². The number of rotatable bonds is 4. The highest BCUT2D eigenvalue weighted by Crippen LogP contribution is 2.45. The number of aliphatic hydroxyl groups excluding tert-OH is 1. The van der Waals surface area contributed by atoms with Crippen LogP contribution in [0.1, 0.15) is 54.4 Å². The lowest BCUT2D eigenvalue weighted by atomic mass is 9.78. The Labute approximate surface area is 143 Å². The van der Waals surface area contributed by atoms with Gasteiger partial charge in [0, 0.05) is 19.6 Å². The minimum absolute atomic E-state index is 0.00270. The van der Waals surface area contributed by atoms with Crippen LogP contribution in [0.4, 0.5) is 4.79 Å². The summed E-state index contributed by atoms with van der Waals surface area (Å²) in [5.74, 6) is 0.314. The monoisotopic (exact) mass is 345 g/mol. The number of amides is 1. The Morgan fingerprint density at radius 1 is 1.26 bits per heavy atom. The second-order valence-corrected chi connectivity index (χ2v) is 11.3. The van der Waals surface area contributed by atoms with Crippen LogP contribution in [0.3, 0.4) is 0 Å². The summed E-state index contributed by atoms with van der Waals surface area (Å²) in [7, 11) is -1.40. The second kappa shape index (κ2) is 7.11. The van der Waals surface area contributed by atoms with Crippen molar-refractivity contribution in [2.45, 2.75) is 78.8 Å². The topological polar surface area (TPSA) is 59.0 Å². The number of likely N-dealkylation sites (tertiary alicyclic amines) is 1. The van der Waals surface area contributed by atoms with E-state index < -0.39 is 20.4 Å². The molecule has 0 radical (unpaired) electrons. The Kier molecular flexibility index (Phi) is 6.32. The molecule has 2 atom stereocenters. The Balaban J connectivity index is 3.15. The van der Waals surface area contributed by atoms with Gasteiger partial charge in [-0.1, -0.05) is 20.8 Å². The predicted octanol–water partition coefficient (Wildman–Crippen LogP) is 3.37. The van der Waals surface area contributed by atoms with Gasteiger partial charge in [0.25, 0.3) is 0 Å². The number of hydrogen-bond donors (Lipinski definition) is 1. The van der Waals surface area contributed by atoms with Gasteiger partial charge in [0.2, 0.25) is 0 Å². The Hall–Kier alpha value is -0.593. The van der Waals surface area contributed by atoms with E-state index in [1.165, 1.54) is 0 Å². The maximum Gasteiger partial charge on any atom is 0.412 e. The average Bonchev–Trinajstić information content (AvgIpc) is 2.65. The lowest BCUT2D eigenvalue weighted by Crippen LogP contribution is -2.53. The van der Waals surface area contributed by atoms with Gasteiger partial charge < -0.3 is 14.3 Å². The fourth-order valence-electron chi connectivity index (χ4n) is 3.11. The molecule has 0 bridgehead atoms. The van der Waals surface area contributed by atoms with Gasteiger partial charge in [-0.25, -0.2) is 4.79 Å². The largest absolute Gasteiger partial charge is 0.444 e. The van der Waals surface area contributed by atoms with Crippen LogP contribution in [-0.2, 0) is 9.16 Å². The molecule has 1 heterocycles. The van der Waals surface area contributed by atoms with Crippen molar-refractivity contribution in [1.82, 2.24) is 4.90 Å². The van der Waals surface area contributed by atoms with E-state index in [-0.39, 0.29) is 18.1 Å². The van der Waals surface area contributed by atoms with E-state index in [2.05, 4.69) is 33.9 Å². The summed E-state index contributed by atoms with van der Waals surface area (Å²) in [5, 5.41) is 9.58. The first-order chi connectivity index (χ1) is 10.3. The molecule has 23 heavy (non-hydrogen) atoms. The van der Waals surface area contributed by atoms with Crippen molar-refractivity contribution in [3.8, 4) is 0 Å². The second-order valence-electron chi connectivity index (χ2n) is 8.94. The lowest BCUT2D eigenvalue weighted by molar-refractivity contribution is -0.0792. The van der Waals surface area contributed by atoms with Crippen LogP contribution in [0, 0.1) is 11.3 Å². The highest BCUT2D eigenvalue weighted by Gasteiger charge is 2.52. The van der Waals surface area contributed by atoms with E-state index in [9.17, 15) is 9.90 Å². The normalized spacial score (nSPS) is 26.0. The summed E-state index contributed by atoms with van der Waals surface area (Å²) in [4.78, 5) is 14.5. The van der Waals surface area contributed by atoms with Crippen LogP contribution in [-0.4, -0.2) is 49.6 Å². The molecule has 1 fully saturated rings. The van der Waals surface area contributed by atoms with Crippen LogP contribution >= 0.6 is 0 Å². The van der Waals surface area contributed by atoms with Crippen molar-refractivity contribution in [3.05, 3.63) is 0 Å². The molecule has 0 aromatic carbocycles. The molecule has 0 aliphatic carbocycles. The SMILES string of the molecule is C[SiH](C)O[C@]1(CCO)C[C@H](C(C)(C)C)CN1C(=O)OC(C)(C)C. The Morgan fingerprint density at radius 3 is 2.22 bits per heavy atom. The maximum atomic E-state index is 12.8. The molecular weight excluding hydrogens is 310 g/mol. The van der Waals surface area contributed by atoms with Crippen molar-refractivity contribution in [1.29, 1.82) is 0 Å². The maximum absolute atomic E-state index is 12.8. The number of ether oxygens (including phenoxy) is 1. The molecule has 1 amide bonds. The van der Waals surface area contributed by atoms with Gasteiger partial charge in [0.05, 0.1) is 0 Å². The first kappa shape index (κ1) is 20.5. The molecule has 0 saturated carbocycles. The van der Waals surface area contributed by atoms with E-state index in [1.807, 2.05) is 20.8 Å². The number of aliphatic hydroxyl groups is 1. The highest BCUT2D eigenvalue weighted by molar-refractivity contribution is 6.48. The minimum atomic E-state index is -1.40. The van der Waals surface area contributed by atoms with Crippen molar-refractivity contribution < 1.29 is 19.1 Å².